The number of carbonyl (C=O) groups is 2. The zero-order valence-corrected chi connectivity index (χ0v) is 19.3. The van der Waals surface area contributed by atoms with E-state index in [4.69, 9.17) is 0 Å². The third kappa shape index (κ3) is 6.72. The van der Waals surface area contributed by atoms with Crippen molar-refractivity contribution < 1.29 is 9.59 Å². The van der Waals surface area contributed by atoms with Crippen molar-refractivity contribution in [2.45, 2.75) is 79.4 Å². The van der Waals surface area contributed by atoms with E-state index in [0.29, 0.717) is 19.4 Å². The molecule has 0 spiro atoms. The lowest BCUT2D eigenvalue weighted by molar-refractivity contribution is -0.141. The fourth-order valence-electron chi connectivity index (χ4n) is 3.82. The summed E-state index contributed by atoms with van der Waals surface area (Å²) in [6, 6.07) is 13.9. The van der Waals surface area contributed by atoms with E-state index in [2.05, 4.69) is 29.6 Å². The fraction of sp³-hybridized carbons (Fsp3) is 0.462. The van der Waals surface area contributed by atoms with Crippen LogP contribution >= 0.6 is 0 Å². The van der Waals surface area contributed by atoms with E-state index in [-0.39, 0.29) is 17.9 Å². The molecular formula is C26H36N2O2. The monoisotopic (exact) mass is 408 g/mol. The number of hydrogen-bond donors (Lipinski definition) is 1. The second-order valence-electron chi connectivity index (χ2n) is 8.43. The molecular weight excluding hydrogens is 372 g/mol. The van der Waals surface area contributed by atoms with Gasteiger partial charge in [0.25, 0.3) is 0 Å². The van der Waals surface area contributed by atoms with E-state index in [1.165, 1.54) is 0 Å². The maximum Gasteiger partial charge on any atom is 0.243 e. The minimum Gasteiger partial charge on any atom is -0.352 e. The van der Waals surface area contributed by atoms with Gasteiger partial charge >= 0.3 is 0 Å². The van der Waals surface area contributed by atoms with Crippen molar-refractivity contribution in [3.05, 3.63) is 70.3 Å². The predicted molar refractivity (Wildman–Crippen MR) is 123 cm³/mol. The van der Waals surface area contributed by atoms with Crippen LogP contribution in [0.5, 0.6) is 0 Å². The van der Waals surface area contributed by atoms with Crippen LogP contribution in [-0.4, -0.2) is 28.8 Å². The van der Waals surface area contributed by atoms with Crippen molar-refractivity contribution in [1.29, 1.82) is 0 Å². The van der Waals surface area contributed by atoms with Crippen molar-refractivity contribution >= 4 is 11.8 Å². The molecule has 0 saturated carbocycles. The molecule has 0 aliphatic rings. The lowest BCUT2D eigenvalue weighted by Gasteiger charge is -2.31. The van der Waals surface area contributed by atoms with Crippen LogP contribution in [0.3, 0.4) is 0 Å². The van der Waals surface area contributed by atoms with Gasteiger partial charge in [-0.3, -0.25) is 9.59 Å². The van der Waals surface area contributed by atoms with E-state index in [0.717, 1.165) is 34.2 Å². The Morgan fingerprint density at radius 1 is 0.900 bits per heavy atom. The molecule has 162 valence electrons. The Balaban J connectivity index is 2.32. The SMILES string of the molecule is CC[C@@H](C)NC(=O)[C@@H](CC)N(Cc1cccc(C)c1)C(=O)Cc1cc(C)cc(C)c1. The molecule has 0 radical (unpaired) electrons. The summed E-state index contributed by atoms with van der Waals surface area (Å²) in [6.07, 6.45) is 1.73. The first-order valence-corrected chi connectivity index (χ1v) is 11.0. The Kier molecular flexibility index (Phi) is 8.64. The molecule has 1 N–H and O–H groups in total. The van der Waals surface area contributed by atoms with Gasteiger partial charge < -0.3 is 10.2 Å². The van der Waals surface area contributed by atoms with Gasteiger partial charge in [0.1, 0.15) is 6.04 Å². The zero-order valence-electron chi connectivity index (χ0n) is 19.3. The predicted octanol–water partition coefficient (Wildman–Crippen LogP) is 4.88. The number of amides is 2. The highest BCUT2D eigenvalue weighted by Crippen LogP contribution is 2.17. The number of aryl methyl sites for hydroxylation is 3. The van der Waals surface area contributed by atoms with Crippen molar-refractivity contribution in [2.24, 2.45) is 0 Å². The Morgan fingerprint density at radius 2 is 1.53 bits per heavy atom. The summed E-state index contributed by atoms with van der Waals surface area (Å²) < 4.78 is 0. The average molecular weight is 409 g/mol. The summed E-state index contributed by atoms with van der Waals surface area (Å²) in [6.45, 7) is 12.6. The van der Waals surface area contributed by atoms with Crippen molar-refractivity contribution in [1.82, 2.24) is 10.2 Å². The van der Waals surface area contributed by atoms with Gasteiger partial charge in [-0.25, -0.2) is 0 Å². The van der Waals surface area contributed by atoms with Crippen LogP contribution in [0.15, 0.2) is 42.5 Å². The fourth-order valence-corrected chi connectivity index (χ4v) is 3.82. The first kappa shape index (κ1) is 23.7. The first-order chi connectivity index (χ1) is 14.2. The Labute approximate surface area is 181 Å². The van der Waals surface area contributed by atoms with Crippen LogP contribution in [0.1, 0.15) is 61.4 Å². The van der Waals surface area contributed by atoms with Crippen LogP contribution in [-0.2, 0) is 22.6 Å². The minimum absolute atomic E-state index is 0.0207. The number of nitrogens with one attached hydrogen (secondary N) is 1. The molecule has 0 saturated heterocycles. The molecule has 2 amide bonds. The van der Waals surface area contributed by atoms with Crippen molar-refractivity contribution in [2.75, 3.05) is 0 Å². The largest absolute Gasteiger partial charge is 0.352 e. The smallest absolute Gasteiger partial charge is 0.243 e. The molecule has 2 rings (SSSR count). The standard InChI is InChI=1S/C26H36N2O2/c1-7-21(6)27-26(30)24(8-2)28(17-22-11-9-10-18(3)13-22)25(29)16-23-14-19(4)12-20(5)15-23/h9-15,21,24H,7-8,16-17H2,1-6H3,(H,27,30)/t21-,24-/m1/s1. The topological polar surface area (TPSA) is 49.4 Å². The van der Waals surface area contributed by atoms with E-state index in [1.54, 1.807) is 4.90 Å². The molecule has 0 unspecified atom stereocenters. The van der Waals surface area contributed by atoms with Crippen LogP contribution in [0.25, 0.3) is 0 Å². The molecule has 0 aliphatic heterocycles. The molecule has 0 bridgehead atoms. The number of carbonyl (C=O) groups excluding carboxylic acids is 2. The molecule has 0 heterocycles. The summed E-state index contributed by atoms with van der Waals surface area (Å²) in [5.41, 5.74) is 5.46. The zero-order chi connectivity index (χ0) is 22.3. The Morgan fingerprint density at radius 3 is 2.10 bits per heavy atom. The Hall–Kier alpha value is -2.62. The quantitative estimate of drug-likeness (QED) is 0.643. The Bertz CT molecular complexity index is 855. The van der Waals surface area contributed by atoms with Crippen molar-refractivity contribution in [3.63, 3.8) is 0 Å². The maximum absolute atomic E-state index is 13.4. The number of nitrogens with zero attached hydrogens (tertiary/aromatic N) is 1. The lowest BCUT2D eigenvalue weighted by atomic mass is 10.0. The van der Waals surface area contributed by atoms with Gasteiger partial charge in [0.2, 0.25) is 11.8 Å². The minimum atomic E-state index is -0.488. The maximum atomic E-state index is 13.4. The van der Waals surface area contributed by atoms with Gasteiger partial charge in [0.15, 0.2) is 0 Å². The first-order valence-electron chi connectivity index (χ1n) is 11.0. The van der Waals surface area contributed by atoms with Crippen LogP contribution < -0.4 is 5.32 Å². The molecule has 2 aromatic carbocycles. The highest BCUT2D eigenvalue weighted by molar-refractivity contribution is 5.88. The second kappa shape index (κ2) is 11.0. The van der Waals surface area contributed by atoms with E-state index in [1.807, 2.05) is 59.7 Å². The molecule has 2 atom stereocenters. The number of hydrogen-bond acceptors (Lipinski definition) is 2. The summed E-state index contributed by atoms with van der Waals surface area (Å²) in [7, 11) is 0. The van der Waals surface area contributed by atoms with Crippen LogP contribution in [0, 0.1) is 20.8 Å². The van der Waals surface area contributed by atoms with Gasteiger partial charge in [0, 0.05) is 12.6 Å². The van der Waals surface area contributed by atoms with E-state index >= 15 is 0 Å². The molecule has 0 fully saturated rings. The van der Waals surface area contributed by atoms with E-state index < -0.39 is 6.04 Å². The molecule has 4 nitrogen and oxygen atoms in total. The summed E-state index contributed by atoms with van der Waals surface area (Å²) in [5, 5.41) is 3.06. The molecule has 4 heteroatoms. The third-order valence-electron chi connectivity index (χ3n) is 5.46. The van der Waals surface area contributed by atoms with Gasteiger partial charge in [-0.15, -0.1) is 0 Å². The number of rotatable bonds is 9. The molecule has 30 heavy (non-hydrogen) atoms. The van der Waals surface area contributed by atoms with Gasteiger partial charge in [0.05, 0.1) is 6.42 Å². The highest BCUT2D eigenvalue weighted by Gasteiger charge is 2.29. The molecule has 2 aromatic rings. The van der Waals surface area contributed by atoms with E-state index in [9.17, 15) is 9.59 Å². The molecule has 0 aromatic heterocycles. The molecule has 0 aliphatic carbocycles. The number of benzene rings is 2. The van der Waals surface area contributed by atoms with Crippen LogP contribution in [0.4, 0.5) is 0 Å². The van der Waals surface area contributed by atoms with Crippen molar-refractivity contribution in [3.8, 4) is 0 Å². The van der Waals surface area contributed by atoms with Gasteiger partial charge in [-0.05, 0) is 51.7 Å². The summed E-state index contributed by atoms with van der Waals surface area (Å²) >= 11 is 0. The summed E-state index contributed by atoms with van der Waals surface area (Å²) in [5.74, 6) is -0.0964. The van der Waals surface area contributed by atoms with Crippen LogP contribution in [0.2, 0.25) is 0 Å². The normalized spacial score (nSPS) is 12.9. The summed E-state index contributed by atoms with van der Waals surface area (Å²) in [4.78, 5) is 28.2. The lowest BCUT2D eigenvalue weighted by Crippen LogP contribution is -2.51. The highest BCUT2D eigenvalue weighted by atomic mass is 16.2. The average Bonchev–Trinajstić information content (AvgIpc) is 2.66. The van der Waals surface area contributed by atoms with Gasteiger partial charge in [-0.1, -0.05) is 73.0 Å². The third-order valence-corrected chi connectivity index (χ3v) is 5.46. The van der Waals surface area contributed by atoms with Gasteiger partial charge in [-0.2, -0.15) is 0 Å². The second-order valence-corrected chi connectivity index (χ2v) is 8.43.